The highest BCUT2D eigenvalue weighted by atomic mass is 16.5. The number of methoxy groups -OCH3 is 1. The van der Waals surface area contributed by atoms with Gasteiger partial charge in [-0.1, -0.05) is 17.7 Å². The van der Waals surface area contributed by atoms with Crippen molar-refractivity contribution in [1.29, 1.82) is 0 Å². The van der Waals surface area contributed by atoms with E-state index in [-0.39, 0.29) is 22.6 Å². The van der Waals surface area contributed by atoms with Gasteiger partial charge in [-0.3, -0.25) is 4.98 Å². The minimum Gasteiger partial charge on any atom is -0.508 e. The van der Waals surface area contributed by atoms with Crippen LogP contribution in [0.25, 0.3) is 12.2 Å². The van der Waals surface area contributed by atoms with Crippen LogP contribution in [0.15, 0.2) is 29.8 Å². The molecule has 1 aromatic heterocycles. The van der Waals surface area contributed by atoms with Crippen LogP contribution >= 0.6 is 0 Å². The van der Waals surface area contributed by atoms with Crippen molar-refractivity contribution in [3.05, 3.63) is 57.9 Å². The van der Waals surface area contributed by atoms with Gasteiger partial charge in [0, 0.05) is 23.4 Å². The second kappa shape index (κ2) is 8.40. The minimum absolute atomic E-state index is 0.0677. The Morgan fingerprint density at radius 1 is 1.19 bits per heavy atom. The summed E-state index contributed by atoms with van der Waals surface area (Å²) in [6.45, 7) is 5.58. The summed E-state index contributed by atoms with van der Waals surface area (Å²) < 4.78 is 5.35. The Labute approximate surface area is 158 Å². The number of nitrogens with zero attached hydrogens (tertiary/aromatic N) is 1. The summed E-state index contributed by atoms with van der Waals surface area (Å²) in [7, 11) is 1.47. The molecular formula is C21H23NO5. The number of hydrogen-bond donors (Lipinski definition) is 3. The van der Waals surface area contributed by atoms with Gasteiger partial charge in [0.1, 0.15) is 22.8 Å². The number of benzene rings is 1. The molecule has 0 aliphatic heterocycles. The third-order valence-electron chi connectivity index (χ3n) is 3.94. The Bertz CT molecular complexity index is 904. The molecule has 2 rings (SSSR count). The molecule has 0 atom stereocenters. The lowest BCUT2D eigenvalue weighted by Gasteiger charge is -2.14. The molecule has 0 radical (unpaired) electrons. The van der Waals surface area contributed by atoms with Crippen LogP contribution in [0.5, 0.6) is 17.2 Å². The van der Waals surface area contributed by atoms with Gasteiger partial charge in [0.15, 0.2) is 0 Å². The number of aromatic carboxylic acids is 1. The standard InChI is InChI=1S/C21H23NO5/c1-12(2)5-8-17-18(27-4)10-14(19(20(17)24)21(25)26)6-7-15-11-16(23)9-13(3)22-15/h5-7,9-11,24H,8H2,1-4H3,(H,22,23)(H,25,26)/b7-6+. The molecule has 0 unspecified atom stereocenters. The molecule has 0 fully saturated rings. The van der Waals surface area contributed by atoms with Crippen LogP contribution in [0.3, 0.4) is 0 Å². The molecule has 1 heterocycles. The van der Waals surface area contributed by atoms with Gasteiger partial charge in [0.25, 0.3) is 0 Å². The Balaban J connectivity index is 2.58. The van der Waals surface area contributed by atoms with Gasteiger partial charge in [-0.25, -0.2) is 4.79 Å². The first-order chi connectivity index (χ1) is 12.7. The van der Waals surface area contributed by atoms with Crippen LogP contribution in [-0.2, 0) is 6.42 Å². The van der Waals surface area contributed by atoms with E-state index in [2.05, 4.69) is 4.98 Å². The number of carbonyl (C=O) groups is 1. The lowest BCUT2D eigenvalue weighted by Crippen LogP contribution is -2.04. The van der Waals surface area contributed by atoms with Crippen molar-refractivity contribution in [3.63, 3.8) is 0 Å². The molecule has 0 aliphatic carbocycles. The van der Waals surface area contributed by atoms with Gasteiger partial charge >= 0.3 is 5.97 Å². The fraction of sp³-hybridized carbons (Fsp3) is 0.238. The zero-order valence-corrected chi connectivity index (χ0v) is 15.8. The van der Waals surface area contributed by atoms with Crippen molar-refractivity contribution >= 4 is 18.1 Å². The van der Waals surface area contributed by atoms with Crippen molar-refractivity contribution in [2.24, 2.45) is 0 Å². The van der Waals surface area contributed by atoms with E-state index in [9.17, 15) is 20.1 Å². The second-order valence-corrected chi connectivity index (χ2v) is 6.39. The summed E-state index contributed by atoms with van der Waals surface area (Å²) in [5.41, 5.74) is 2.63. The number of carboxylic acid groups (broad SMARTS) is 1. The first-order valence-electron chi connectivity index (χ1n) is 8.38. The maximum absolute atomic E-state index is 11.7. The molecular weight excluding hydrogens is 346 g/mol. The summed E-state index contributed by atoms with van der Waals surface area (Å²) in [5, 5.41) is 29.8. The average Bonchev–Trinajstić information content (AvgIpc) is 2.57. The average molecular weight is 369 g/mol. The predicted octanol–water partition coefficient (Wildman–Crippen LogP) is 4.19. The number of allylic oxidation sites excluding steroid dienone is 2. The highest BCUT2D eigenvalue weighted by Crippen LogP contribution is 2.36. The maximum Gasteiger partial charge on any atom is 0.340 e. The third kappa shape index (κ3) is 4.88. The Morgan fingerprint density at radius 2 is 1.89 bits per heavy atom. The quantitative estimate of drug-likeness (QED) is 0.660. The molecule has 27 heavy (non-hydrogen) atoms. The van der Waals surface area contributed by atoms with Gasteiger partial charge in [0.05, 0.1) is 12.8 Å². The fourth-order valence-corrected chi connectivity index (χ4v) is 2.68. The van der Waals surface area contributed by atoms with E-state index in [1.807, 2.05) is 19.9 Å². The molecule has 0 bridgehead atoms. The van der Waals surface area contributed by atoms with E-state index < -0.39 is 5.97 Å². The molecule has 0 amide bonds. The van der Waals surface area contributed by atoms with Crippen LogP contribution < -0.4 is 4.74 Å². The summed E-state index contributed by atoms with van der Waals surface area (Å²) >= 11 is 0. The van der Waals surface area contributed by atoms with E-state index in [1.165, 1.54) is 25.3 Å². The summed E-state index contributed by atoms with van der Waals surface area (Å²) in [4.78, 5) is 16.0. The van der Waals surface area contributed by atoms with E-state index in [4.69, 9.17) is 4.74 Å². The van der Waals surface area contributed by atoms with Gasteiger partial charge in [0.2, 0.25) is 0 Å². The summed E-state index contributed by atoms with van der Waals surface area (Å²) in [6, 6.07) is 4.56. The molecule has 1 aromatic carbocycles. The number of rotatable bonds is 6. The lowest BCUT2D eigenvalue weighted by molar-refractivity contribution is 0.0693. The molecule has 6 heteroatoms. The van der Waals surface area contributed by atoms with Crippen molar-refractivity contribution < 1.29 is 24.9 Å². The fourth-order valence-electron chi connectivity index (χ4n) is 2.68. The molecule has 0 saturated carbocycles. The normalized spacial score (nSPS) is 10.8. The van der Waals surface area contributed by atoms with E-state index in [0.29, 0.717) is 29.1 Å². The topological polar surface area (TPSA) is 99.9 Å². The zero-order valence-electron chi connectivity index (χ0n) is 15.8. The van der Waals surface area contributed by atoms with Gasteiger partial charge in [-0.2, -0.15) is 0 Å². The maximum atomic E-state index is 11.7. The Hall–Kier alpha value is -3.28. The lowest BCUT2D eigenvalue weighted by atomic mass is 9.97. The highest BCUT2D eigenvalue weighted by molar-refractivity contribution is 5.97. The number of carboxylic acids is 1. The van der Waals surface area contributed by atoms with Crippen molar-refractivity contribution in [1.82, 2.24) is 4.98 Å². The van der Waals surface area contributed by atoms with E-state index in [1.54, 1.807) is 19.1 Å². The number of aromatic nitrogens is 1. The molecule has 3 N–H and O–H groups in total. The van der Waals surface area contributed by atoms with Crippen LogP contribution in [-0.4, -0.2) is 33.4 Å². The molecule has 0 spiro atoms. The number of pyridine rings is 1. The van der Waals surface area contributed by atoms with Gasteiger partial charge < -0.3 is 20.1 Å². The summed E-state index contributed by atoms with van der Waals surface area (Å²) in [6.07, 6.45) is 5.34. The number of aryl methyl sites for hydroxylation is 1. The Morgan fingerprint density at radius 3 is 2.44 bits per heavy atom. The largest absolute Gasteiger partial charge is 0.508 e. The van der Waals surface area contributed by atoms with Gasteiger partial charge in [-0.15, -0.1) is 0 Å². The van der Waals surface area contributed by atoms with Crippen LogP contribution in [0, 0.1) is 6.92 Å². The summed E-state index contributed by atoms with van der Waals surface area (Å²) in [5.74, 6) is -1.10. The second-order valence-electron chi connectivity index (χ2n) is 6.39. The first-order valence-corrected chi connectivity index (χ1v) is 8.38. The van der Waals surface area contributed by atoms with E-state index >= 15 is 0 Å². The van der Waals surface area contributed by atoms with Crippen molar-refractivity contribution in [3.8, 4) is 17.2 Å². The van der Waals surface area contributed by atoms with Crippen LogP contribution in [0.1, 0.15) is 46.7 Å². The molecule has 0 aliphatic rings. The monoisotopic (exact) mass is 369 g/mol. The highest BCUT2D eigenvalue weighted by Gasteiger charge is 2.21. The SMILES string of the molecule is COc1cc(/C=C/c2cc(O)cc(C)n2)c(C(=O)O)c(O)c1CC=C(C)C. The van der Waals surface area contributed by atoms with Crippen LogP contribution in [0.2, 0.25) is 0 Å². The van der Waals surface area contributed by atoms with Crippen LogP contribution in [0.4, 0.5) is 0 Å². The van der Waals surface area contributed by atoms with Crippen molar-refractivity contribution in [2.45, 2.75) is 27.2 Å². The molecule has 6 nitrogen and oxygen atoms in total. The third-order valence-corrected chi connectivity index (χ3v) is 3.94. The van der Waals surface area contributed by atoms with Gasteiger partial charge in [-0.05, 0) is 44.9 Å². The molecule has 0 saturated heterocycles. The predicted molar refractivity (Wildman–Crippen MR) is 104 cm³/mol. The Kier molecular flexibility index (Phi) is 6.23. The smallest absolute Gasteiger partial charge is 0.340 e. The minimum atomic E-state index is -1.24. The molecule has 142 valence electrons. The van der Waals surface area contributed by atoms with E-state index in [0.717, 1.165) is 5.57 Å². The number of aromatic hydroxyl groups is 2. The number of phenols is 1. The first kappa shape index (κ1) is 20.0. The molecule has 2 aromatic rings. The zero-order chi connectivity index (χ0) is 20.1. The number of hydrogen-bond acceptors (Lipinski definition) is 5. The van der Waals surface area contributed by atoms with Crippen molar-refractivity contribution in [2.75, 3.05) is 7.11 Å². The number of ether oxygens (including phenoxy) is 1.